The Hall–Kier alpha value is -3.32. The van der Waals surface area contributed by atoms with Crippen LogP contribution in [0.25, 0.3) is 10.8 Å². The summed E-state index contributed by atoms with van der Waals surface area (Å²) in [6.45, 7) is 3.98. The minimum atomic E-state index is -0.209. The molecule has 1 aromatic heterocycles. The molecule has 29 heavy (non-hydrogen) atoms. The fraction of sp³-hybridized carbons (Fsp3) is 0.273. The Bertz CT molecular complexity index is 1060. The summed E-state index contributed by atoms with van der Waals surface area (Å²) in [6.07, 6.45) is 1.65. The highest BCUT2D eigenvalue weighted by Gasteiger charge is 2.19. The first-order chi connectivity index (χ1) is 14.3. The quantitative estimate of drug-likeness (QED) is 0.740. The summed E-state index contributed by atoms with van der Waals surface area (Å²) < 4.78 is 16.6. The van der Waals surface area contributed by atoms with Gasteiger partial charge in [0.2, 0.25) is 0 Å². The predicted molar refractivity (Wildman–Crippen MR) is 110 cm³/mol. The molecule has 3 heterocycles. The van der Waals surface area contributed by atoms with Crippen molar-refractivity contribution in [3.05, 3.63) is 54.2 Å². The van der Waals surface area contributed by atoms with E-state index >= 15 is 0 Å². The molecular weight excluding hydrogens is 370 g/mol. The fourth-order valence-corrected chi connectivity index (χ4v) is 3.71. The molecule has 0 atom stereocenters. The number of fused-ring (bicyclic) bond motifs is 2. The van der Waals surface area contributed by atoms with Gasteiger partial charge in [0.15, 0.2) is 11.5 Å². The lowest BCUT2D eigenvalue weighted by Gasteiger charge is -2.29. The summed E-state index contributed by atoms with van der Waals surface area (Å²) in [7, 11) is 0. The third-order valence-corrected chi connectivity index (χ3v) is 5.13. The largest absolute Gasteiger partial charge is 0.486 e. The number of carbonyl (C=O) groups excluding carboxylic acids is 1. The van der Waals surface area contributed by atoms with Crippen molar-refractivity contribution in [2.24, 2.45) is 0 Å². The first-order valence-electron chi connectivity index (χ1n) is 9.71. The van der Waals surface area contributed by atoms with Crippen LogP contribution in [-0.2, 0) is 4.74 Å². The number of hydrogen-bond donors (Lipinski definition) is 1. The Labute approximate surface area is 168 Å². The fourth-order valence-electron chi connectivity index (χ4n) is 3.71. The van der Waals surface area contributed by atoms with E-state index in [4.69, 9.17) is 14.2 Å². The number of rotatable bonds is 3. The second-order valence-corrected chi connectivity index (χ2v) is 6.95. The van der Waals surface area contributed by atoms with E-state index < -0.39 is 0 Å². The smallest absolute Gasteiger partial charge is 0.257 e. The van der Waals surface area contributed by atoms with Crippen molar-refractivity contribution in [1.29, 1.82) is 0 Å². The van der Waals surface area contributed by atoms with Crippen molar-refractivity contribution in [3.63, 3.8) is 0 Å². The second-order valence-electron chi connectivity index (χ2n) is 6.95. The third-order valence-electron chi connectivity index (χ3n) is 5.13. The minimum absolute atomic E-state index is 0.209. The molecule has 0 spiro atoms. The molecular formula is C22H21N3O4. The summed E-state index contributed by atoms with van der Waals surface area (Å²) in [5.41, 5.74) is 1.19. The number of morpholine rings is 1. The van der Waals surface area contributed by atoms with Gasteiger partial charge in [-0.3, -0.25) is 4.79 Å². The lowest BCUT2D eigenvalue weighted by molar-refractivity contribution is 0.102. The van der Waals surface area contributed by atoms with E-state index in [1.165, 1.54) is 0 Å². The van der Waals surface area contributed by atoms with Crippen LogP contribution in [0.3, 0.4) is 0 Å². The van der Waals surface area contributed by atoms with Gasteiger partial charge in [-0.05, 0) is 17.5 Å². The van der Waals surface area contributed by atoms with E-state index in [2.05, 4.69) is 15.2 Å². The molecule has 0 radical (unpaired) electrons. The van der Waals surface area contributed by atoms with Crippen molar-refractivity contribution in [3.8, 4) is 11.5 Å². The lowest BCUT2D eigenvalue weighted by atomic mass is 10.1. The van der Waals surface area contributed by atoms with Gasteiger partial charge in [-0.2, -0.15) is 0 Å². The number of ether oxygens (including phenoxy) is 3. The number of pyridine rings is 1. The average molecular weight is 391 g/mol. The van der Waals surface area contributed by atoms with Crippen LogP contribution in [-0.4, -0.2) is 50.4 Å². The monoisotopic (exact) mass is 391 g/mol. The predicted octanol–water partition coefficient (Wildman–Crippen LogP) is 3.09. The second kappa shape index (κ2) is 7.60. The number of amides is 1. The maximum atomic E-state index is 13.0. The molecule has 0 saturated carbocycles. The van der Waals surface area contributed by atoms with Gasteiger partial charge in [0.25, 0.3) is 5.91 Å². The maximum Gasteiger partial charge on any atom is 0.257 e. The first kappa shape index (κ1) is 17.8. The normalized spacial score (nSPS) is 15.9. The van der Waals surface area contributed by atoms with Crippen molar-refractivity contribution in [1.82, 2.24) is 4.98 Å². The summed E-state index contributed by atoms with van der Waals surface area (Å²) in [6, 6.07) is 13.3. The van der Waals surface area contributed by atoms with Crippen LogP contribution in [0, 0.1) is 0 Å². The van der Waals surface area contributed by atoms with E-state index in [0.717, 1.165) is 29.7 Å². The van der Waals surface area contributed by atoms with Gasteiger partial charge in [0, 0.05) is 36.4 Å². The van der Waals surface area contributed by atoms with Crippen LogP contribution >= 0.6 is 0 Å². The molecule has 0 aliphatic carbocycles. The first-order valence-corrected chi connectivity index (χ1v) is 9.71. The molecule has 1 amide bonds. The van der Waals surface area contributed by atoms with Gasteiger partial charge in [0.05, 0.1) is 18.8 Å². The van der Waals surface area contributed by atoms with Crippen LogP contribution in [0.15, 0.2) is 48.7 Å². The number of aromatic nitrogens is 1. The molecule has 1 saturated heterocycles. The van der Waals surface area contributed by atoms with Crippen LogP contribution in [0.4, 0.5) is 11.5 Å². The summed E-state index contributed by atoms with van der Waals surface area (Å²) in [5.74, 6) is 2.01. The molecule has 2 aliphatic heterocycles. The van der Waals surface area contributed by atoms with Crippen molar-refractivity contribution >= 4 is 28.2 Å². The summed E-state index contributed by atoms with van der Waals surface area (Å²) in [5, 5.41) is 4.79. The molecule has 148 valence electrons. The highest BCUT2D eigenvalue weighted by atomic mass is 16.6. The zero-order chi connectivity index (χ0) is 19.6. The number of benzene rings is 2. The number of hydrogen-bond acceptors (Lipinski definition) is 6. The Kier molecular flexibility index (Phi) is 4.65. The van der Waals surface area contributed by atoms with Gasteiger partial charge < -0.3 is 24.4 Å². The van der Waals surface area contributed by atoms with Gasteiger partial charge >= 0.3 is 0 Å². The maximum absolute atomic E-state index is 13.0. The summed E-state index contributed by atoms with van der Waals surface area (Å²) in [4.78, 5) is 19.9. The molecule has 1 N–H and O–H groups in total. The molecule has 3 aromatic rings. The minimum Gasteiger partial charge on any atom is -0.486 e. The SMILES string of the molecule is O=C(Nc1ccc2c(c1)OCCO2)c1cnc(N2CCOCC2)c2ccccc12. The van der Waals surface area contributed by atoms with Crippen molar-refractivity contribution in [2.45, 2.75) is 0 Å². The van der Waals surface area contributed by atoms with Gasteiger partial charge in [0.1, 0.15) is 19.0 Å². The molecule has 7 heteroatoms. The standard InChI is InChI=1S/C22H21N3O4/c26-22(24-15-5-6-19-20(13-15)29-12-11-28-19)18-14-23-21(25-7-9-27-10-8-25)17-4-2-1-3-16(17)18/h1-6,13-14H,7-12H2,(H,24,26). The van der Waals surface area contributed by atoms with Crippen LogP contribution < -0.4 is 19.7 Å². The zero-order valence-electron chi connectivity index (χ0n) is 15.9. The van der Waals surface area contributed by atoms with E-state index in [1.807, 2.05) is 36.4 Å². The number of carbonyl (C=O) groups is 1. The number of nitrogens with one attached hydrogen (secondary N) is 1. The Balaban J connectivity index is 1.46. The summed E-state index contributed by atoms with van der Waals surface area (Å²) >= 11 is 0. The number of anilines is 2. The Morgan fingerprint density at radius 2 is 1.69 bits per heavy atom. The highest BCUT2D eigenvalue weighted by molar-refractivity contribution is 6.14. The Morgan fingerprint density at radius 1 is 0.931 bits per heavy atom. The van der Waals surface area contributed by atoms with Crippen LogP contribution in [0.1, 0.15) is 10.4 Å². The van der Waals surface area contributed by atoms with Crippen LogP contribution in [0.5, 0.6) is 11.5 Å². The topological polar surface area (TPSA) is 72.9 Å². The van der Waals surface area contributed by atoms with Gasteiger partial charge in [-0.1, -0.05) is 24.3 Å². The molecule has 0 unspecified atom stereocenters. The Morgan fingerprint density at radius 3 is 2.52 bits per heavy atom. The van der Waals surface area contributed by atoms with E-state index in [0.29, 0.717) is 49.2 Å². The number of nitrogens with zero attached hydrogens (tertiary/aromatic N) is 2. The molecule has 2 aromatic carbocycles. The van der Waals surface area contributed by atoms with Crippen molar-refractivity contribution < 1.29 is 19.0 Å². The van der Waals surface area contributed by atoms with E-state index in [9.17, 15) is 4.79 Å². The molecule has 0 bridgehead atoms. The lowest BCUT2D eigenvalue weighted by Crippen LogP contribution is -2.37. The van der Waals surface area contributed by atoms with Gasteiger partial charge in [-0.25, -0.2) is 4.98 Å². The molecule has 7 nitrogen and oxygen atoms in total. The van der Waals surface area contributed by atoms with Crippen LogP contribution in [0.2, 0.25) is 0 Å². The molecule has 5 rings (SSSR count). The van der Waals surface area contributed by atoms with E-state index in [-0.39, 0.29) is 5.91 Å². The molecule has 1 fully saturated rings. The van der Waals surface area contributed by atoms with Gasteiger partial charge in [-0.15, -0.1) is 0 Å². The zero-order valence-corrected chi connectivity index (χ0v) is 15.9. The molecule has 2 aliphatic rings. The highest BCUT2D eigenvalue weighted by Crippen LogP contribution is 2.33. The third kappa shape index (κ3) is 3.45. The van der Waals surface area contributed by atoms with E-state index in [1.54, 1.807) is 12.3 Å². The van der Waals surface area contributed by atoms with Crippen molar-refractivity contribution in [2.75, 3.05) is 49.7 Å². The average Bonchev–Trinajstić information content (AvgIpc) is 2.79.